The molecule has 0 fully saturated rings. The zero-order valence-electron chi connectivity index (χ0n) is 16.6. The van der Waals surface area contributed by atoms with Gasteiger partial charge in [0.25, 0.3) is 0 Å². The maximum atomic E-state index is 13.0. The molecule has 0 aromatic carbocycles. The summed E-state index contributed by atoms with van der Waals surface area (Å²) in [7, 11) is 0. The number of anilines is 1. The van der Waals surface area contributed by atoms with Crippen molar-refractivity contribution in [2.75, 3.05) is 11.9 Å². The van der Waals surface area contributed by atoms with E-state index in [0.717, 1.165) is 47.3 Å². The van der Waals surface area contributed by atoms with Gasteiger partial charge in [-0.25, -0.2) is 4.79 Å². The molecular weight excluding hydrogens is 378 g/mol. The second kappa shape index (κ2) is 8.47. The number of hydrogen-bond donors (Lipinski definition) is 1. The Kier molecular flexibility index (Phi) is 6.23. The van der Waals surface area contributed by atoms with Gasteiger partial charge in [0.05, 0.1) is 18.1 Å². The Bertz CT molecular complexity index is 838. The van der Waals surface area contributed by atoms with Gasteiger partial charge < -0.3 is 20.0 Å². The van der Waals surface area contributed by atoms with E-state index in [1.54, 1.807) is 0 Å². The highest BCUT2D eigenvalue weighted by Gasteiger charge is 2.35. The molecule has 0 saturated carbocycles. The third-order valence-electron chi connectivity index (χ3n) is 5.71. The van der Waals surface area contributed by atoms with E-state index in [1.807, 2.05) is 20.8 Å². The van der Waals surface area contributed by atoms with E-state index >= 15 is 0 Å². The lowest BCUT2D eigenvalue weighted by Gasteiger charge is -2.32. The lowest BCUT2D eigenvalue weighted by molar-refractivity contribution is -0.313. The first-order valence-electron chi connectivity index (χ1n) is 9.82. The van der Waals surface area contributed by atoms with E-state index in [2.05, 4.69) is 5.32 Å². The molecule has 1 aromatic rings. The Hall–Kier alpha value is -2.15. The van der Waals surface area contributed by atoms with E-state index in [4.69, 9.17) is 4.74 Å². The van der Waals surface area contributed by atoms with Crippen LogP contribution in [-0.4, -0.2) is 24.5 Å². The number of hydrogen-bond acceptors (Lipinski definition) is 6. The fourth-order valence-electron chi connectivity index (χ4n) is 4.00. The minimum absolute atomic E-state index is 0.318. The topological polar surface area (TPSA) is 95.5 Å². The lowest BCUT2D eigenvalue weighted by atomic mass is 9.76. The Morgan fingerprint density at radius 3 is 2.46 bits per heavy atom. The number of carbonyl (C=O) groups excluding carboxylic acids is 3. The van der Waals surface area contributed by atoms with Gasteiger partial charge in [-0.2, -0.15) is 0 Å². The first kappa shape index (κ1) is 20.6. The number of amides is 1. The van der Waals surface area contributed by atoms with Gasteiger partial charge in [0.2, 0.25) is 5.91 Å². The van der Waals surface area contributed by atoms with Crippen molar-refractivity contribution in [3.05, 3.63) is 27.2 Å². The number of ether oxygens (including phenoxy) is 1. The van der Waals surface area contributed by atoms with E-state index in [9.17, 15) is 19.5 Å². The highest BCUT2D eigenvalue weighted by molar-refractivity contribution is 7.17. The maximum Gasteiger partial charge on any atom is 0.341 e. The number of carboxylic acid groups (broad SMARTS) is 1. The molecule has 1 amide bonds. The van der Waals surface area contributed by atoms with Gasteiger partial charge in [-0.3, -0.25) is 4.79 Å². The molecule has 2 atom stereocenters. The number of carboxylic acids is 1. The quantitative estimate of drug-likeness (QED) is 0.581. The molecule has 2 aliphatic carbocycles. The van der Waals surface area contributed by atoms with E-state index in [1.165, 1.54) is 11.3 Å². The summed E-state index contributed by atoms with van der Waals surface area (Å²) in [6.07, 6.45) is 4.10. The fraction of sp³-hybridized carbons (Fsp3) is 0.571. The van der Waals surface area contributed by atoms with Gasteiger partial charge in [0, 0.05) is 16.8 Å². The summed E-state index contributed by atoms with van der Waals surface area (Å²) >= 11 is 1.41. The van der Waals surface area contributed by atoms with Crippen LogP contribution in [0.1, 0.15) is 67.3 Å². The molecule has 1 heterocycles. The SMILES string of the molecule is CCCOC(=O)c1c(NC(=O)[C@H]2CC(C)=C(C)C[C@H]2C(=O)[O-])sc2c1CCC2. The molecule has 0 saturated heterocycles. The number of allylic oxidation sites excluding steroid dienone is 2. The third kappa shape index (κ3) is 3.99. The summed E-state index contributed by atoms with van der Waals surface area (Å²) in [5.74, 6) is -3.55. The first-order chi connectivity index (χ1) is 13.3. The van der Waals surface area contributed by atoms with Crippen molar-refractivity contribution in [2.45, 2.75) is 59.3 Å². The average molecular weight is 405 g/mol. The monoisotopic (exact) mass is 404 g/mol. The molecule has 0 bridgehead atoms. The summed E-state index contributed by atoms with van der Waals surface area (Å²) in [5, 5.41) is 14.9. The van der Waals surface area contributed by atoms with E-state index < -0.39 is 23.8 Å². The zero-order valence-corrected chi connectivity index (χ0v) is 17.4. The molecule has 3 rings (SSSR count). The molecule has 152 valence electrons. The summed E-state index contributed by atoms with van der Waals surface area (Å²) in [4.78, 5) is 38.3. The maximum absolute atomic E-state index is 13.0. The average Bonchev–Trinajstić information content (AvgIpc) is 3.21. The van der Waals surface area contributed by atoms with Crippen LogP contribution in [0.3, 0.4) is 0 Å². The predicted molar refractivity (Wildman–Crippen MR) is 105 cm³/mol. The van der Waals surface area contributed by atoms with Crippen molar-refractivity contribution < 1.29 is 24.2 Å². The highest BCUT2D eigenvalue weighted by Crippen LogP contribution is 2.41. The summed E-state index contributed by atoms with van der Waals surface area (Å²) in [5.41, 5.74) is 3.45. The Labute approximate surface area is 169 Å². The lowest BCUT2D eigenvalue weighted by Crippen LogP contribution is -2.42. The van der Waals surface area contributed by atoms with Crippen LogP contribution in [0.4, 0.5) is 5.00 Å². The molecule has 0 aliphatic heterocycles. The minimum Gasteiger partial charge on any atom is -0.550 e. The number of aliphatic carboxylic acids is 1. The van der Waals surface area contributed by atoms with Crippen molar-refractivity contribution in [2.24, 2.45) is 11.8 Å². The largest absolute Gasteiger partial charge is 0.550 e. The van der Waals surface area contributed by atoms with Gasteiger partial charge in [-0.15, -0.1) is 11.3 Å². The number of thiophene rings is 1. The molecule has 1 aromatic heterocycles. The molecule has 6 nitrogen and oxygen atoms in total. The van der Waals surface area contributed by atoms with Crippen LogP contribution in [0.15, 0.2) is 11.1 Å². The second-order valence-corrected chi connectivity index (χ2v) is 8.79. The number of esters is 1. The second-order valence-electron chi connectivity index (χ2n) is 7.69. The summed E-state index contributed by atoms with van der Waals surface area (Å²) < 4.78 is 5.32. The first-order valence-corrected chi connectivity index (χ1v) is 10.6. The van der Waals surface area contributed by atoms with Crippen LogP contribution in [0.5, 0.6) is 0 Å². The van der Waals surface area contributed by atoms with Gasteiger partial charge in [-0.1, -0.05) is 18.1 Å². The van der Waals surface area contributed by atoms with Crippen LogP contribution in [-0.2, 0) is 27.2 Å². The van der Waals surface area contributed by atoms with Crippen LogP contribution in [0, 0.1) is 11.8 Å². The van der Waals surface area contributed by atoms with Crippen LogP contribution in [0.25, 0.3) is 0 Å². The van der Waals surface area contributed by atoms with Crippen molar-refractivity contribution in [3.8, 4) is 0 Å². The minimum atomic E-state index is -1.21. The molecule has 0 radical (unpaired) electrons. The van der Waals surface area contributed by atoms with E-state index in [0.29, 0.717) is 30.0 Å². The fourth-order valence-corrected chi connectivity index (χ4v) is 5.28. The molecule has 7 heteroatoms. The smallest absolute Gasteiger partial charge is 0.341 e. The highest BCUT2D eigenvalue weighted by atomic mass is 32.1. The van der Waals surface area contributed by atoms with Crippen LogP contribution in [0.2, 0.25) is 0 Å². The molecule has 0 unspecified atom stereocenters. The number of rotatable bonds is 6. The van der Waals surface area contributed by atoms with Gasteiger partial charge in [0.15, 0.2) is 0 Å². The standard InChI is InChI=1S/C21H27NO5S/c1-4-8-27-21(26)17-13-6-5-7-16(13)28-19(17)22-18(23)14-9-11(2)12(3)10-15(14)20(24)25/h14-15H,4-10H2,1-3H3,(H,22,23)(H,24,25)/p-1/t14-,15+/m0/s1. The van der Waals surface area contributed by atoms with Crippen molar-refractivity contribution in [1.82, 2.24) is 0 Å². The van der Waals surface area contributed by atoms with Crippen molar-refractivity contribution in [1.29, 1.82) is 0 Å². The number of nitrogens with one attached hydrogen (secondary N) is 1. The number of carbonyl (C=O) groups is 3. The molecule has 0 spiro atoms. The predicted octanol–water partition coefficient (Wildman–Crippen LogP) is 2.85. The van der Waals surface area contributed by atoms with E-state index in [-0.39, 0.29) is 5.91 Å². The van der Waals surface area contributed by atoms with Gasteiger partial charge in [0.1, 0.15) is 5.00 Å². The zero-order chi connectivity index (χ0) is 20.4. The van der Waals surface area contributed by atoms with Crippen LogP contribution >= 0.6 is 11.3 Å². The summed E-state index contributed by atoms with van der Waals surface area (Å²) in [6.45, 7) is 6.07. The molecule has 2 aliphatic rings. The number of fused-ring (bicyclic) bond motifs is 1. The van der Waals surface area contributed by atoms with Crippen LogP contribution < -0.4 is 10.4 Å². The third-order valence-corrected chi connectivity index (χ3v) is 6.91. The van der Waals surface area contributed by atoms with Gasteiger partial charge >= 0.3 is 5.97 Å². The Morgan fingerprint density at radius 2 is 1.82 bits per heavy atom. The Morgan fingerprint density at radius 1 is 1.14 bits per heavy atom. The normalized spacial score (nSPS) is 21.4. The van der Waals surface area contributed by atoms with Crippen molar-refractivity contribution in [3.63, 3.8) is 0 Å². The van der Waals surface area contributed by atoms with Crippen molar-refractivity contribution >= 4 is 34.2 Å². The molecule has 28 heavy (non-hydrogen) atoms. The molecular formula is C21H26NO5S-. The Balaban J connectivity index is 1.86. The van der Waals surface area contributed by atoms with Gasteiger partial charge in [-0.05, 0) is 57.9 Å². The number of aryl methyl sites for hydroxylation is 1. The summed E-state index contributed by atoms with van der Waals surface area (Å²) in [6, 6.07) is 0. The molecule has 1 N–H and O–H groups in total.